The number of nitrogens with one attached hydrogen (secondary N) is 1. The minimum atomic E-state index is -4.48. The van der Waals surface area contributed by atoms with Crippen molar-refractivity contribution in [2.24, 2.45) is 0 Å². The van der Waals surface area contributed by atoms with E-state index in [2.05, 4.69) is 10.3 Å². The summed E-state index contributed by atoms with van der Waals surface area (Å²) in [6.45, 7) is 0. The number of pyridine rings is 1. The van der Waals surface area contributed by atoms with Gasteiger partial charge < -0.3 is 5.32 Å². The first-order chi connectivity index (χ1) is 9.36. The van der Waals surface area contributed by atoms with Gasteiger partial charge in [0, 0.05) is 12.2 Å². The van der Waals surface area contributed by atoms with Gasteiger partial charge in [-0.25, -0.2) is 0 Å². The smallest absolute Gasteiger partial charge is 0.353 e. The molecule has 1 fully saturated rings. The first-order valence-electron chi connectivity index (χ1n) is 6.37. The van der Waals surface area contributed by atoms with Crippen LogP contribution in [0.4, 0.5) is 13.2 Å². The molecule has 1 aromatic rings. The monoisotopic (exact) mass is 306 g/mol. The van der Waals surface area contributed by atoms with Crippen molar-refractivity contribution < 1.29 is 18.0 Å². The highest BCUT2D eigenvalue weighted by Gasteiger charge is 2.31. The van der Waals surface area contributed by atoms with Crippen LogP contribution >= 0.6 is 11.6 Å². The molecule has 3 nitrogen and oxygen atoms in total. The van der Waals surface area contributed by atoms with Gasteiger partial charge >= 0.3 is 6.18 Å². The standard InChI is InChI=1S/C13H14ClF3N2O/c14-10-5-8(13(15,16)17)7-18-11(10)6-12(20)19-9-3-1-2-4-9/h5,7,9H,1-4,6H2,(H,19,20). The Balaban J connectivity index is 2.00. The maximum Gasteiger partial charge on any atom is 0.417 e. The minimum Gasteiger partial charge on any atom is -0.353 e. The summed E-state index contributed by atoms with van der Waals surface area (Å²) in [5.41, 5.74) is -0.752. The van der Waals surface area contributed by atoms with Gasteiger partial charge in [-0.3, -0.25) is 9.78 Å². The molecule has 0 radical (unpaired) electrons. The summed E-state index contributed by atoms with van der Waals surface area (Å²) in [7, 11) is 0. The summed E-state index contributed by atoms with van der Waals surface area (Å²) < 4.78 is 37.4. The largest absolute Gasteiger partial charge is 0.417 e. The van der Waals surface area contributed by atoms with E-state index < -0.39 is 11.7 Å². The molecule has 0 unspecified atom stereocenters. The molecule has 0 spiro atoms. The molecule has 1 heterocycles. The summed E-state index contributed by atoms with van der Waals surface area (Å²) in [6, 6.07) is 0.961. The average molecular weight is 307 g/mol. The molecule has 1 N–H and O–H groups in total. The van der Waals surface area contributed by atoms with Gasteiger partial charge in [-0.15, -0.1) is 0 Å². The molecule has 2 rings (SSSR count). The Morgan fingerprint density at radius 2 is 2.05 bits per heavy atom. The zero-order chi connectivity index (χ0) is 14.8. The molecule has 0 aliphatic heterocycles. The highest BCUT2D eigenvalue weighted by Crippen LogP contribution is 2.31. The van der Waals surface area contributed by atoms with Crippen molar-refractivity contribution in [1.82, 2.24) is 10.3 Å². The third-order valence-electron chi connectivity index (χ3n) is 3.29. The van der Waals surface area contributed by atoms with Crippen LogP contribution in [0, 0.1) is 0 Å². The van der Waals surface area contributed by atoms with Crippen LogP contribution in [0.1, 0.15) is 36.9 Å². The summed E-state index contributed by atoms with van der Waals surface area (Å²) in [5.74, 6) is -0.258. The Bertz CT molecular complexity index is 499. The molecule has 1 saturated carbocycles. The number of hydrogen-bond donors (Lipinski definition) is 1. The van der Waals surface area contributed by atoms with Crippen molar-refractivity contribution in [3.8, 4) is 0 Å². The molecule has 1 aliphatic rings. The van der Waals surface area contributed by atoms with Crippen molar-refractivity contribution in [1.29, 1.82) is 0 Å². The third kappa shape index (κ3) is 3.85. The predicted molar refractivity (Wildman–Crippen MR) is 68.4 cm³/mol. The van der Waals surface area contributed by atoms with E-state index in [0.717, 1.165) is 31.7 Å². The molecule has 20 heavy (non-hydrogen) atoms. The molecule has 0 saturated heterocycles. The van der Waals surface area contributed by atoms with Crippen molar-refractivity contribution in [2.45, 2.75) is 44.3 Å². The lowest BCUT2D eigenvalue weighted by Gasteiger charge is -2.12. The number of carbonyl (C=O) groups is 1. The first-order valence-corrected chi connectivity index (χ1v) is 6.75. The number of aromatic nitrogens is 1. The van der Waals surface area contributed by atoms with Gasteiger partial charge in [0.25, 0.3) is 0 Å². The summed E-state index contributed by atoms with van der Waals surface area (Å²) in [6.07, 6.45) is 0.174. The lowest BCUT2D eigenvalue weighted by Crippen LogP contribution is -2.34. The van der Waals surface area contributed by atoms with E-state index in [9.17, 15) is 18.0 Å². The summed E-state index contributed by atoms with van der Waals surface area (Å²) >= 11 is 5.75. The van der Waals surface area contributed by atoms with Gasteiger partial charge in [-0.1, -0.05) is 24.4 Å². The Kier molecular flexibility index (Phi) is 4.52. The summed E-state index contributed by atoms with van der Waals surface area (Å²) in [5, 5.41) is 2.70. The SMILES string of the molecule is O=C(Cc1ncc(C(F)(F)F)cc1Cl)NC1CCCC1. The van der Waals surface area contributed by atoms with Crippen molar-refractivity contribution in [3.63, 3.8) is 0 Å². The molecule has 1 aliphatic carbocycles. The Labute approximate surface area is 119 Å². The number of nitrogens with zero attached hydrogens (tertiary/aromatic N) is 1. The molecule has 0 bridgehead atoms. The van der Waals surface area contributed by atoms with Gasteiger partial charge in [0.05, 0.1) is 22.7 Å². The minimum absolute atomic E-state index is 0.104. The molecular formula is C13H14ClF3N2O. The van der Waals surface area contributed by atoms with Gasteiger partial charge in [-0.2, -0.15) is 13.2 Å². The van der Waals surface area contributed by atoms with E-state index in [1.807, 2.05) is 0 Å². The molecule has 110 valence electrons. The molecule has 0 atom stereocenters. The van der Waals surface area contributed by atoms with Crippen molar-refractivity contribution >= 4 is 17.5 Å². The van der Waals surface area contributed by atoms with Crippen LogP contribution in [0.3, 0.4) is 0 Å². The van der Waals surface area contributed by atoms with Crippen LogP contribution in [0.2, 0.25) is 5.02 Å². The van der Waals surface area contributed by atoms with E-state index >= 15 is 0 Å². The van der Waals surface area contributed by atoms with Crippen LogP contribution in [0.15, 0.2) is 12.3 Å². The van der Waals surface area contributed by atoms with Gasteiger partial charge in [0.2, 0.25) is 5.91 Å². The van der Waals surface area contributed by atoms with Gasteiger partial charge in [-0.05, 0) is 18.9 Å². The maximum atomic E-state index is 12.5. The van der Waals surface area contributed by atoms with Crippen LogP contribution in [0.25, 0.3) is 0 Å². The normalized spacial score (nSPS) is 16.4. The molecule has 1 amide bonds. The van der Waals surface area contributed by atoms with Gasteiger partial charge in [0.1, 0.15) is 0 Å². The fraction of sp³-hybridized carbons (Fsp3) is 0.538. The molecular weight excluding hydrogens is 293 g/mol. The van der Waals surface area contributed by atoms with Crippen LogP contribution in [-0.4, -0.2) is 16.9 Å². The Morgan fingerprint density at radius 3 is 2.60 bits per heavy atom. The number of rotatable bonds is 3. The number of carbonyl (C=O) groups excluding carboxylic acids is 1. The quantitative estimate of drug-likeness (QED) is 0.930. The number of halogens is 4. The second-order valence-corrected chi connectivity index (χ2v) is 5.28. The van der Waals surface area contributed by atoms with Crippen LogP contribution in [0.5, 0.6) is 0 Å². The van der Waals surface area contributed by atoms with E-state index in [1.165, 1.54) is 0 Å². The number of alkyl halides is 3. The Hall–Kier alpha value is -1.30. The average Bonchev–Trinajstić information content (AvgIpc) is 2.83. The van der Waals surface area contributed by atoms with E-state index in [-0.39, 0.29) is 29.1 Å². The fourth-order valence-corrected chi connectivity index (χ4v) is 2.49. The lowest BCUT2D eigenvalue weighted by atomic mass is 10.2. The number of amides is 1. The van der Waals surface area contributed by atoms with Crippen molar-refractivity contribution in [2.75, 3.05) is 0 Å². The second-order valence-electron chi connectivity index (χ2n) is 4.88. The highest BCUT2D eigenvalue weighted by molar-refractivity contribution is 6.31. The molecule has 1 aromatic heterocycles. The number of hydrogen-bond acceptors (Lipinski definition) is 2. The van der Waals surface area contributed by atoms with E-state index in [4.69, 9.17) is 11.6 Å². The Morgan fingerprint density at radius 1 is 1.40 bits per heavy atom. The third-order valence-corrected chi connectivity index (χ3v) is 3.62. The topological polar surface area (TPSA) is 42.0 Å². The molecule has 7 heteroatoms. The first kappa shape index (κ1) is 15.1. The van der Waals surface area contributed by atoms with E-state index in [0.29, 0.717) is 6.20 Å². The summed E-state index contributed by atoms with van der Waals surface area (Å²) in [4.78, 5) is 15.4. The second kappa shape index (κ2) is 5.99. The van der Waals surface area contributed by atoms with Gasteiger partial charge in [0.15, 0.2) is 0 Å². The zero-order valence-electron chi connectivity index (χ0n) is 10.6. The van der Waals surface area contributed by atoms with Crippen molar-refractivity contribution in [3.05, 3.63) is 28.5 Å². The van der Waals surface area contributed by atoms with Crippen LogP contribution < -0.4 is 5.32 Å². The van der Waals surface area contributed by atoms with E-state index in [1.54, 1.807) is 0 Å². The molecule has 0 aromatic carbocycles. The highest BCUT2D eigenvalue weighted by atomic mass is 35.5. The zero-order valence-corrected chi connectivity index (χ0v) is 11.4. The predicted octanol–water partition coefficient (Wildman–Crippen LogP) is 3.36. The van der Waals surface area contributed by atoms with Crippen LogP contribution in [-0.2, 0) is 17.4 Å². The maximum absolute atomic E-state index is 12.5. The fourth-order valence-electron chi connectivity index (χ4n) is 2.25. The lowest BCUT2D eigenvalue weighted by molar-refractivity contribution is -0.137.